The molecule has 10 heteroatoms. The number of H-pyrrole nitrogens is 1. The Kier molecular flexibility index (Phi) is 20.0. The number of nitrogens with zero attached hydrogens (tertiary/aromatic N) is 1. The van der Waals surface area contributed by atoms with E-state index in [2.05, 4.69) is 11.9 Å². The smallest absolute Gasteiger partial charge is 0.404 e. The van der Waals surface area contributed by atoms with Gasteiger partial charge in [0.15, 0.2) is 6.35 Å². The molecule has 2 aromatic rings. The van der Waals surface area contributed by atoms with E-state index >= 15 is 0 Å². The van der Waals surface area contributed by atoms with Gasteiger partial charge in [0.05, 0.1) is 19.3 Å². The zero-order valence-electron chi connectivity index (χ0n) is 27.4. The van der Waals surface area contributed by atoms with E-state index in [4.69, 9.17) is 18.5 Å². The van der Waals surface area contributed by atoms with Crippen LogP contribution in [-0.2, 0) is 25.1 Å². The summed E-state index contributed by atoms with van der Waals surface area (Å²) in [4.78, 5) is 26.0. The zero-order valence-corrected chi connectivity index (χ0v) is 28.3. The molecule has 0 amide bonds. The molecule has 44 heavy (non-hydrogen) atoms. The number of ether oxygens (including phenoxy) is 2. The van der Waals surface area contributed by atoms with Crippen LogP contribution in [0, 0.1) is 6.92 Å². The third-order valence-corrected chi connectivity index (χ3v) is 9.04. The minimum Gasteiger partial charge on any atom is -0.423 e. The molecule has 9 nitrogen and oxygen atoms in total. The van der Waals surface area contributed by atoms with Crippen LogP contribution in [0.4, 0.5) is 0 Å². The molecule has 2 atom stereocenters. The molecular formula is C34H57N2O7P. The highest BCUT2D eigenvalue weighted by Crippen LogP contribution is 2.48. The van der Waals surface area contributed by atoms with Crippen molar-refractivity contribution in [2.45, 2.75) is 130 Å². The Hall–Kier alpha value is -2.19. The topological polar surface area (TPSA) is 109 Å². The van der Waals surface area contributed by atoms with Crippen molar-refractivity contribution < 1.29 is 23.1 Å². The third-order valence-electron chi connectivity index (χ3n) is 7.51. The largest absolute Gasteiger partial charge is 0.423 e. The molecule has 0 fully saturated rings. The number of unbranched alkanes of at least 4 members (excludes halogenated alkanes) is 13. The maximum atomic E-state index is 13.6. The summed E-state index contributed by atoms with van der Waals surface area (Å²) in [5, 5.41) is 0. The van der Waals surface area contributed by atoms with Gasteiger partial charge in [-0.05, 0) is 38.8 Å². The molecule has 0 aliphatic heterocycles. The lowest BCUT2D eigenvalue weighted by Gasteiger charge is -2.22. The van der Waals surface area contributed by atoms with E-state index in [-0.39, 0.29) is 19.5 Å². The lowest BCUT2D eigenvalue weighted by molar-refractivity contribution is 0.0684. The zero-order chi connectivity index (χ0) is 31.9. The highest BCUT2D eigenvalue weighted by atomic mass is 31.2. The normalized spacial score (nSPS) is 13.5. The molecule has 0 spiro atoms. The van der Waals surface area contributed by atoms with Crippen molar-refractivity contribution in [1.29, 1.82) is 0 Å². The molecule has 0 aliphatic carbocycles. The quantitative estimate of drug-likeness (QED) is 0.0775. The summed E-state index contributed by atoms with van der Waals surface area (Å²) >= 11 is 0. The molecule has 0 saturated carbocycles. The first-order chi connectivity index (χ1) is 21.3. The minimum absolute atomic E-state index is 0.175. The Labute approximate surface area is 264 Å². The van der Waals surface area contributed by atoms with Crippen molar-refractivity contribution >= 4 is 7.60 Å². The second-order valence-corrected chi connectivity index (χ2v) is 13.7. The van der Waals surface area contributed by atoms with E-state index in [1.54, 1.807) is 38.1 Å². The van der Waals surface area contributed by atoms with Gasteiger partial charge >= 0.3 is 13.3 Å². The predicted molar refractivity (Wildman–Crippen MR) is 178 cm³/mol. The molecule has 2 rings (SSSR count). The number of aromatic amines is 1. The number of para-hydroxylation sites is 1. The molecule has 0 saturated heterocycles. The number of hydrogen-bond acceptors (Lipinski definition) is 7. The van der Waals surface area contributed by atoms with Crippen LogP contribution in [0.2, 0.25) is 0 Å². The summed E-state index contributed by atoms with van der Waals surface area (Å²) in [5.41, 5.74) is -0.521. The van der Waals surface area contributed by atoms with Gasteiger partial charge in [0.2, 0.25) is 0 Å². The maximum Gasteiger partial charge on any atom is 0.404 e. The molecule has 1 aromatic heterocycles. The summed E-state index contributed by atoms with van der Waals surface area (Å²) in [6, 6.07) is 8.85. The van der Waals surface area contributed by atoms with Gasteiger partial charge < -0.3 is 14.0 Å². The van der Waals surface area contributed by atoms with Crippen LogP contribution in [0.5, 0.6) is 5.75 Å². The average Bonchev–Trinajstić information content (AvgIpc) is 3.00. The predicted octanol–water partition coefficient (Wildman–Crippen LogP) is 8.38. The number of hydrogen-bond donors (Lipinski definition) is 1. The molecular weight excluding hydrogens is 579 g/mol. The lowest BCUT2D eigenvalue weighted by Crippen LogP contribution is -2.34. The van der Waals surface area contributed by atoms with Gasteiger partial charge in [-0.1, -0.05) is 109 Å². The monoisotopic (exact) mass is 636 g/mol. The first-order valence-electron chi connectivity index (χ1n) is 16.8. The Balaban J connectivity index is 1.59. The molecule has 1 aromatic carbocycles. The van der Waals surface area contributed by atoms with Crippen molar-refractivity contribution in [3.63, 3.8) is 0 Å². The van der Waals surface area contributed by atoms with Gasteiger partial charge in [-0.3, -0.25) is 18.9 Å². The van der Waals surface area contributed by atoms with Crippen LogP contribution in [-0.4, -0.2) is 41.8 Å². The molecule has 0 radical (unpaired) electrons. The molecule has 2 unspecified atom stereocenters. The van der Waals surface area contributed by atoms with Crippen LogP contribution in [0.25, 0.3) is 0 Å². The SMILES string of the molecule is CCCCCCCCCCCCCCCCOCCCOP(=O)(COC(C)Cn1cc(C)c(=O)[nH]c1=O)Oc1ccccc1. The lowest BCUT2D eigenvalue weighted by atomic mass is 10.0. The maximum absolute atomic E-state index is 13.6. The highest BCUT2D eigenvalue weighted by molar-refractivity contribution is 7.54. The van der Waals surface area contributed by atoms with Crippen molar-refractivity contribution in [2.24, 2.45) is 0 Å². The Bertz CT molecular complexity index is 1170. The standard InChI is InChI=1S/C34H57N2O7P/c1-4-5-6-7-8-9-10-11-12-13-14-15-16-20-24-40-25-21-26-42-44(39,43-32-22-18-17-19-23-32)29-41-31(3)28-36-27-30(2)33(37)35-34(36)38/h17-19,22-23,27,31H,4-16,20-21,24-26,28-29H2,1-3H3,(H,35,37,38). The van der Waals surface area contributed by atoms with E-state index in [0.717, 1.165) is 13.0 Å². The van der Waals surface area contributed by atoms with Gasteiger partial charge in [-0.15, -0.1) is 0 Å². The van der Waals surface area contributed by atoms with Crippen LogP contribution in [0.3, 0.4) is 0 Å². The average molecular weight is 637 g/mol. The Morgan fingerprint density at radius 2 is 1.36 bits per heavy atom. The van der Waals surface area contributed by atoms with Crippen molar-refractivity contribution in [1.82, 2.24) is 9.55 Å². The number of aromatic nitrogens is 2. The van der Waals surface area contributed by atoms with Crippen LogP contribution in [0.1, 0.15) is 116 Å². The fourth-order valence-electron chi connectivity index (χ4n) is 4.90. The summed E-state index contributed by atoms with van der Waals surface area (Å²) in [6.07, 6.45) is 19.9. The van der Waals surface area contributed by atoms with Crippen LogP contribution < -0.4 is 15.8 Å². The molecule has 250 valence electrons. The Morgan fingerprint density at radius 3 is 1.98 bits per heavy atom. The second-order valence-electron chi connectivity index (χ2n) is 11.7. The van der Waals surface area contributed by atoms with Crippen molar-refractivity contribution in [3.05, 3.63) is 62.9 Å². The summed E-state index contributed by atoms with van der Waals surface area (Å²) < 4.78 is 38.0. The van der Waals surface area contributed by atoms with E-state index in [9.17, 15) is 14.2 Å². The van der Waals surface area contributed by atoms with E-state index < -0.39 is 24.9 Å². The molecule has 0 bridgehead atoms. The number of rotatable bonds is 27. The van der Waals surface area contributed by atoms with Crippen molar-refractivity contribution in [3.8, 4) is 5.75 Å². The third kappa shape index (κ3) is 17.3. The molecule has 1 heterocycles. The fourth-order valence-corrected chi connectivity index (χ4v) is 6.37. The van der Waals surface area contributed by atoms with E-state index in [0.29, 0.717) is 24.3 Å². The van der Waals surface area contributed by atoms with E-state index in [1.807, 2.05) is 6.07 Å². The highest BCUT2D eigenvalue weighted by Gasteiger charge is 2.28. The number of aryl methyl sites for hydroxylation is 1. The fraction of sp³-hybridized carbons (Fsp3) is 0.706. The number of benzene rings is 1. The van der Waals surface area contributed by atoms with Gasteiger partial charge in [-0.2, -0.15) is 0 Å². The van der Waals surface area contributed by atoms with Crippen LogP contribution in [0.15, 0.2) is 46.1 Å². The molecule has 1 N–H and O–H groups in total. The van der Waals surface area contributed by atoms with Gasteiger partial charge in [0, 0.05) is 25.0 Å². The summed E-state index contributed by atoms with van der Waals surface area (Å²) in [6.45, 7) is 7.28. The van der Waals surface area contributed by atoms with Gasteiger partial charge in [-0.25, -0.2) is 9.36 Å². The van der Waals surface area contributed by atoms with Crippen LogP contribution >= 0.6 is 7.60 Å². The number of nitrogens with one attached hydrogen (secondary N) is 1. The second kappa shape index (κ2) is 23.2. The minimum atomic E-state index is -3.64. The van der Waals surface area contributed by atoms with Gasteiger partial charge in [0.1, 0.15) is 5.75 Å². The Morgan fingerprint density at radius 1 is 0.795 bits per heavy atom. The molecule has 0 aliphatic rings. The van der Waals surface area contributed by atoms with Gasteiger partial charge in [0.25, 0.3) is 5.56 Å². The summed E-state index contributed by atoms with van der Waals surface area (Å²) in [7, 11) is -3.64. The van der Waals surface area contributed by atoms with E-state index in [1.165, 1.54) is 94.2 Å². The summed E-state index contributed by atoms with van der Waals surface area (Å²) in [5.74, 6) is 0.425. The van der Waals surface area contributed by atoms with Crippen molar-refractivity contribution in [2.75, 3.05) is 26.2 Å². The first kappa shape index (κ1) is 38.0. The first-order valence-corrected chi connectivity index (χ1v) is 18.5.